The predicted molar refractivity (Wildman–Crippen MR) is 81.3 cm³/mol. The standard InChI is InChI=1S/C14H18F2N4O2S/c1-9-13(8-17-19-9)23(21,22)18-7-12(20(2)3)14-10(15)5-4-6-11(14)16/h4-6,8,12,18H,7H2,1-3H3,(H,17,19). The molecule has 1 unspecified atom stereocenters. The fraction of sp³-hybridized carbons (Fsp3) is 0.357. The summed E-state index contributed by atoms with van der Waals surface area (Å²) in [7, 11) is -0.587. The van der Waals surface area contributed by atoms with E-state index in [0.29, 0.717) is 5.69 Å². The van der Waals surface area contributed by atoms with Gasteiger partial charge < -0.3 is 4.90 Å². The Hall–Kier alpha value is -1.84. The van der Waals surface area contributed by atoms with Crippen LogP contribution in [0.5, 0.6) is 0 Å². The van der Waals surface area contributed by atoms with Crippen LogP contribution >= 0.6 is 0 Å². The fourth-order valence-corrected chi connectivity index (χ4v) is 3.42. The third-order valence-corrected chi connectivity index (χ3v) is 5.03. The average molecular weight is 344 g/mol. The largest absolute Gasteiger partial charge is 0.301 e. The van der Waals surface area contributed by atoms with Gasteiger partial charge in [-0.2, -0.15) is 5.10 Å². The minimum Gasteiger partial charge on any atom is -0.301 e. The molecule has 0 aliphatic rings. The Kier molecular flexibility index (Phi) is 5.12. The first-order chi connectivity index (χ1) is 10.7. The van der Waals surface area contributed by atoms with E-state index in [4.69, 9.17) is 0 Å². The number of hydrogen-bond acceptors (Lipinski definition) is 4. The third kappa shape index (κ3) is 3.74. The van der Waals surface area contributed by atoms with E-state index in [-0.39, 0.29) is 17.0 Å². The summed E-state index contributed by atoms with van der Waals surface area (Å²) in [5.41, 5.74) is 0.208. The van der Waals surface area contributed by atoms with Crippen LogP contribution in [0.25, 0.3) is 0 Å². The lowest BCUT2D eigenvalue weighted by molar-refractivity contribution is 0.283. The van der Waals surface area contributed by atoms with Crippen molar-refractivity contribution in [3.8, 4) is 0 Å². The number of nitrogens with zero attached hydrogens (tertiary/aromatic N) is 2. The molecule has 0 aliphatic heterocycles. The number of nitrogens with one attached hydrogen (secondary N) is 2. The van der Waals surface area contributed by atoms with Gasteiger partial charge in [-0.1, -0.05) is 6.07 Å². The Morgan fingerprint density at radius 2 is 1.91 bits per heavy atom. The van der Waals surface area contributed by atoms with Crippen molar-refractivity contribution >= 4 is 10.0 Å². The molecular weight excluding hydrogens is 326 g/mol. The molecule has 0 spiro atoms. The van der Waals surface area contributed by atoms with Crippen LogP contribution in [0.1, 0.15) is 17.3 Å². The van der Waals surface area contributed by atoms with Gasteiger partial charge in [0.1, 0.15) is 16.5 Å². The molecule has 2 rings (SSSR count). The SMILES string of the molecule is Cc1[nH]ncc1S(=O)(=O)NCC(c1c(F)cccc1F)N(C)C. The van der Waals surface area contributed by atoms with Gasteiger partial charge in [0.2, 0.25) is 10.0 Å². The number of halogens is 2. The van der Waals surface area contributed by atoms with Gasteiger partial charge >= 0.3 is 0 Å². The van der Waals surface area contributed by atoms with Crippen molar-refractivity contribution in [1.29, 1.82) is 0 Å². The van der Waals surface area contributed by atoms with Crippen molar-refractivity contribution < 1.29 is 17.2 Å². The summed E-state index contributed by atoms with van der Waals surface area (Å²) in [4.78, 5) is 1.55. The van der Waals surface area contributed by atoms with E-state index >= 15 is 0 Å². The summed E-state index contributed by atoms with van der Waals surface area (Å²) in [5, 5.41) is 6.20. The van der Waals surface area contributed by atoms with E-state index in [1.807, 2.05) is 0 Å². The summed E-state index contributed by atoms with van der Waals surface area (Å²) in [5.74, 6) is -1.44. The average Bonchev–Trinajstić information content (AvgIpc) is 2.88. The molecule has 0 aliphatic carbocycles. The number of benzene rings is 1. The van der Waals surface area contributed by atoms with E-state index in [2.05, 4.69) is 14.9 Å². The summed E-state index contributed by atoms with van der Waals surface area (Å²) in [6.07, 6.45) is 1.19. The Morgan fingerprint density at radius 1 is 1.30 bits per heavy atom. The summed E-state index contributed by atoms with van der Waals surface area (Å²) >= 11 is 0. The maximum absolute atomic E-state index is 14.0. The number of rotatable bonds is 6. The molecule has 2 N–H and O–H groups in total. The number of sulfonamides is 1. The third-order valence-electron chi connectivity index (χ3n) is 3.50. The lowest BCUT2D eigenvalue weighted by Gasteiger charge is -2.25. The molecule has 2 aromatic rings. The van der Waals surface area contributed by atoms with Crippen molar-refractivity contribution in [1.82, 2.24) is 19.8 Å². The molecule has 0 fully saturated rings. The highest BCUT2D eigenvalue weighted by Gasteiger charge is 2.25. The van der Waals surface area contributed by atoms with Gasteiger partial charge in [0.15, 0.2) is 0 Å². The molecule has 6 nitrogen and oxygen atoms in total. The topological polar surface area (TPSA) is 78.1 Å². The first kappa shape index (κ1) is 17.5. The Bertz CT molecular complexity index is 770. The fourth-order valence-electron chi connectivity index (χ4n) is 2.25. The van der Waals surface area contributed by atoms with Crippen LogP contribution in [0.4, 0.5) is 8.78 Å². The van der Waals surface area contributed by atoms with E-state index in [0.717, 1.165) is 12.1 Å². The van der Waals surface area contributed by atoms with Crippen molar-refractivity contribution in [3.05, 3.63) is 47.3 Å². The zero-order chi connectivity index (χ0) is 17.2. The van der Waals surface area contributed by atoms with Crippen LogP contribution < -0.4 is 4.72 Å². The van der Waals surface area contributed by atoms with Crippen LogP contribution in [0, 0.1) is 18.6 Å². The zero-order valence-corrected chi connectivity index (χ0v) is 13.8. The summed E-state index contributed by atoms with van der Waals surface area (Å²) in [6.45, 7) is 1.39. The molecule has 0 saturated carbocycles. The van der Waals surface area contributed by atoms with Crippen LogP contribution in [0.15, 0.2) is 29.3 Å². The smallest absolute Gasteiger partial charge is 0.244 e. The van der Waals surface area contributed by atoms with Crippen molar-refractivity contribution in [2.45, 2.75) is 17.9 Å². The van der Waals surface area contributed by atoms with Crippen LogP contribution in [0.2, 0.25) is 0 Å². The second-order valence-corrected chi connectivity index (χ2v) is 7.06. The molecule has 0 radical (unpaired) electrons. The zero-order valence-electron chi connectivity index (χ0n) is 13.0. The van der Waals surface area contributed by atoms with Crippen molar-refractivity contribution in [2.24, 2.45) is 0 Å². The van der Waals surface area contributed by atoms with Crippen LogP contribution in [-0.2, 0) is 10.0 Å². The number of aromatic nitrogens is 2. The normalized spacial score (nSPS) is 13.5. The van der Waals surface area contributed by atoms with E-state index < -0.39 is 27.7 Å². The number of H-pyrrole nitrogens is 1. The number of hydrogen-bond donors (Lipinski definition) is 2. The molecule has 1 aromatic carbocycles. The maximum atomic E-state index is 14.0. The molecule has 1 atom stereocenters. The lowest BCUT2D eigenvalue weighted by atomic mass is 10.0. The predicted octanol–water partition coefficient (Wildman–Crippen LogP) is 1.58. The molecule has 0 amide bonds. The number of aromatic amines is 1. The minimum absolute atomic E-state index is 0.00371. The van der Waals surface area contributed by atoms with Gasteiger partial charge in [0.25, 0.3) is 0 Å². The van der Waals surface area contributed by atoms with Crippen LogP contribution in [-0.4, -0.2) is 44.2 Å². The van der Waals surface area contributed by atoms with Gasteiger partial charge in [0.05, 0.1) is 17.9 Å². The molecule has 0 bridgehead atoms. The van der Waals surface area contributed by atoms with E-state index in [9.17, 15) is 17.2 Å². The number of aryl methyl sites for hydroxylation is 1. The van der Waals surface area contributed by atoms with E-state index in [1.165, 1.54) is 12.3 Å². The highest BCUT2D eigenvalue weighted by molar-refractivity contribution is 7.89. The Morgan fingerprint density at radius 3 is 2.39 bits per heavy atom. The molecule has 9 heteroatoms. The molecule has 23 heavy (non-hydrogen) atoms. The minimum atomic E-state index is -3.83. The first-order valence-electron chi connectivity index (χ1n) is 6.84. The Balaban J connectivity index is 2.27. The van der Waals surface area contributed by atoms with E-state index in [1.54, 1.807) is 25.9 Å². The molecule has 1 heterocycles. The maximum Gasteiger partial charge on any atom is 0.244 e. The van der Waals surface area contributed by atoms with Crippen molar-refractivity contribution in [2.75, 3.05) is 20.6 Å². The van der Waals surface area contributed by atoms with Crippen LogP contribution in [0.3, 0.4) is 0 Å². The van der Waals surface area contributed by atoms with Gasteiger partial charge in [-0.3, -0.25) is 5.10 Å². The molecular formula is C14H18F2N4O2S. The van der Waals surface area contributed by atoms with Gasteiger partial charge in [-0.25, -0.2) is 21.9 Å². The van der Waals surface area contributed by atoms with Gasteiger partial charge in [0, 0.05) is 12.1 Å². The Labute approximate surface area is 133 Å². The summed E-state index contributed by atoms with van der Waals surface area (Å²) in [6, 6.07) is 2.76. The highest BCUT2D eigenvalue weighted by atomic mass is 32.2. The highest BCUT2D eigenvalue weighted by Crippen LogP contribution is 2.24. The lowest BCUT2D eigenvalue weighted by Crippen LogP contribution is -2.35. The van der Waals surface area contributed by atoms with Gasteiger partial charge in [-0.15, -0.1) is 0 Å². The molecule has 1 aromatic heterocycles. The second-order valence-electron chi connectivity index (χ2n) is 5.33. The molecule has 0 saturated heterocycles. The van der Waals surface area contributed by atoms with Crippen molar-refractivity contribution in [3.63, 3.8) is 0 Å². The molecule has 126 valence electrons. The number of likely N-dealkylation sites (N-methyl/N-ethyl adjacent to an activating group) is 1. The monoisotopic (exact) mass is 344 g/mol. The quantitative estimate of drug-likeness (QED) is 0.834. The first-order valence-corrected chi connectivity index (χ1v) is 8.32. The second kappa shape index (κ2) is 6.73. The van der Waals surface area contributed by atoms with Gasteiger partial charge in [-0.05, 0) is 33.2 Å². The summed E-state index contributed by atoms with van der Waals surface area (Å²) < 4.78 is 54.8.